The number of piperidine rings is 1. The summed E-state index contributed by atoms with van der Waals surface area (Å²) in [5.74, 6) is -0.141. The number of fused-ring (bicyclic) bond motifs is 2. The highest BCUT2D eigenvalue weighted by atomic mass is 28.3. The van der Waals surface area contributed by atoms with Gasteiger partial charge in [-0.05, 0) is 99.6 Å². The molecule has 14 heteroatoms. The molecule has 3 amide bonds. The van der Waals surface area contributed by atoms with Crippen molar-refractivity contribution in [1.82, 2.24) is 10.2 Å². The third-order valence-corrected chi connectivity index (χ3v) is 19.0. The smallest absolute Gasteiger partial charge is 0.305 e. The van der Waals surface area contributed by atoms with Gasteiger partial charge in [0.15, 0.2) is 5.60 Å². The van der Waals surface area contributed by atoms with Crippen molar-refractivity contribution in [2.45, 2.75) is 100 Å². The van der Waals surface area contributed by atoms with E-state index in [9.17, 15) is 19.5 Å². The molecule has 0 unspecified atom stereocenters. The highest BCUT2D eigenvalue weighted by molar-refractivity contribution is 6.91. The van der Waals surface area contributed by atoms with Crippen molar-refractivity contribution in [3.63, 3.8) is 0 Å². The van der Waals surface area contributed by atoms with Gasteiger partial charge in [-0.15, -0.1) is 0 Å². The van der Waals surface area contributed by atoms with Crippen LogP contribution in [-0.2, 0) is 34.3 Å². The van der Waals surface area contributed by atoms with Crippen LogP contribution in [0.25, 0.3) is 0 Å². The van der Waals surface area contributed by atoms with Gasteiger partial charge in [-0.3, -0.25) is 24.1 Å². The number of methoxy groups -OCH3 is 2. The first-order valence-electron chi connectivity index (χ1n) is 22.0. The number of nitrogens with one attached hydrogen (secondary N) is 1. The minimum Gasteiger partial charge on any atom is -0.497 e. The molecule has 8 rings (SSSR count). The molecular formula is C47H61N5O8Si. The van der Waals surface area contributed by atoms with Crippen LogP contribution in [0.1, 0.15) is 63.9 Å². The second-order valence-electron chi connectivity index (χ2n) is 18.0. The van der Waals surface area contributed by atoms with Crippen LogP contribution in [0.5, 0.6) is 5.75 Å². The van der Waals surface area contributed by atoms with Crippen LogP contribution in [0.3, 0.4) is 0 Å². The van der Waals surface area contributed by atoms with Gasteiger partial charge in [-0.1, -0.05) is 55.5 Å². The molecule has 326 valence electrons. The molecular weight excluding hydrogens is 791 g/mol. The minimum atomic E-state index is -2.58. The molecule has 5 heterocycles. The maximum atomic E-state index is 15.5. The van der Waals surface area contributed by atoms with Gasteiger partial charge in [0.1, 0.15) is 11.3 Å². The molecule has 0 bridgehead atoms. The van der Waals surface area contributed by atoms with E-state index in [0.717, 1.165) is 48.2 Å². The first-order valence-corrected chi connectivity index (χ1v) is 25.1. The number of ether oxygens (including phenoxy) is 3. The summed E-state index contributed by atoms with van der Waals surface area (Å²) in [5.41, 5.74) is 0.762. The number of rotatable bonds is 13. The van der Waals surface area contributed by atoms with Crippen LogP contribution < -0.4 is 29.9 Å². The summed E-state index contributed by atoms with van der Waals surface area (Å²) in [4.78, 5) is 64.5. The monoisotopic (exact) mass is 851 g/mol. The fraction of sp³-hybridized carbons (Fsp3) is 0.532. The third kappa shape index (κ3) is 7.32. The van der Waals surface area contributed by atoms with Gasteiger partial charge in [-0.25, -0.2) is 0 Å². The number of aliphatic hydroxyl groups is 1. The Hall–Kier alpha value is -4.76. The predicted molar refractivity (Wildman–Crippen MR) is 237 cm³/mol. The number of para-hydroxylation sites is 1. The molecule has 0 saturated carbocycles. The van der Waals surface area contributed by atoms with Crippen molar-refractivity contribution in [2.75, 3.05) is 68.4 Å². The molecule has 0 aromatic heterocycles. The summed E-state index contributed by atoms with van der Waals surface area (Å²) in [5, 5.41) is 14.8. The predicted octanol–water partition coefficient (Wildman–Crippen LogP) is 4.91. The molecule has 4 saturated heterocycles. The number of amides is 3. The number of hydrogen-bond acceptors (Lipinski definition) is 10. The second-order valence-corrected chi connectivity index (χ2v) is 22.7. The number of unbranched alkanes of at least 4 members (excludes halogenated alkanes) is 1. The van der Waals surface area contributed by atoms with E-state index >= 15 is 4.79 Å². The number of esters is 1. The second kappa shape index (κ2) is 17.2. The summed E-state index contributed by atoms with van der Waals surface area (Å²) in [6, 6.07) is 23.9. The molecule has 3 aromatic rings. The lowest BCUT2D eigenvalue weighted by molar-refractivity contribution is -0.150. The van der Waals surface area contributed by atoms with Gasteiger partial charge >= 0.3 is 5.97 Å². The van der Waals surface area contributed by atoms with E-state index in [-0.39, 0.29) is 60.6 Å². The summed E-state index contributed by atoms with van der Waals surface area (Å²) < 4.78 is 17.8. The molecule has 3 aromatic carbocycles. The molecule has 13 nitrogen and oxygen atoms in total. The first-order chi connectivity index (χ1) is 29.4. The first kappa shape index (κ1) is 42.9. The van der Waals surface area contributed by atoms with Gasteiger partial charge in [-0.2, -0.15) is 0 Å². The largest absolute Gasteiger partial charge is 0.497 e. The zero-order valence-electron chi connectivity index (χ0n) is 36.2. The number of nitrogens with zero attached hydrogens (tertiary/aromatic N) is 4. The normalized spacial score (nSPS) is 25.9. The van der Waals surface area contributed by atoms with E-state index in [0.29, 0.717) is 56.7 Å². The number of likely N-dealkylation sites (tertiary alicyclic amines) is 1. The number of aliphatic hydroxyl groups excluding tert-OH is 1. The van der Waals surface area contributed by atoms with E-state index in [1.165, 1.54) is 7.11 Å². The van der Waals surface area contributed by atoms with Crippen LogP contribution in [0, 0.1) is 5.92 Å². The molecule has 5 atom stereocenters. The lowest BCUT2D eigenvalue weighted by atomic mass is 9.82. The average Bonchev–Trinajstić information content (AvgIpc) is 4.01. The Bertz CT molecular complexity index is 2110. The molecule has 61 heavy (non-hydrogen) atoms. The van der Waals surface area contributed by atoms with Crippen molar-refractivity contribution in [3.8, 4) is 5.75 Å². The van der Waals surface area contributed by atoms with E-state index in [1.54, 1.807) is 16.9 Å². The van der Waals surface area contributed by atoms with Crippen LogP contribution in [0.15, 0.2) is 72.8 Å². The molecule has 5 aliphatic heterocycles. The van der Waals surface area contributed by atoms with Crippen LogP contribution in [0.2, 0.25) is 18.6 Å². The molecule has 2 N–H and O–H groups in total. The zero-order valence-corrected chi connectivity index (χ0v) is 37.2. The summed E-state index contributed by atoms with van der Waals surface area (Å²) in [7, 11) is 0.445. The Labute approximate surface area is 360 Å². The van der Waals surface area contributed by atoms with Crippen LogP contribution >= 0.6 is 0 Å². The van der Waals surface area contributed by atoms with Crippen molar-refractivity contribution in [1.29, 1.82) is 0 Å². The Morgan fingerprint density at radius 1 is 0.951 bits per heavy atom. The number of anilines is 3. The fourth-order valence-corrected chi connectivity index (χ4v) is 15.4. The minimum absolute atomic E-state index is 0.0367. The summed E-state index contributed by atoms with van der Waals surface area (Å²) in [6.07, 6.45) is 3.73. The van der Waals surface area contributed by atoms with Gasteiger partial charge in [0.2, 0.25) is 5.91 Å². The molecule has 0 radical (unpaired) electrons. The number of carbonyl (C=O) groups is 4. The van der Waals surface area contributed by atoms with Gasteiger partial charge in [0, 0.05) is 42.4 Å². The van der Waals surface area contributed by atoms with E-state index < -0.39 is 25.3 Å². The van der Waals surface area contributed by atoms with Crippen molar-refractivity contribution >= 4 is 54.0 Å². The van der Waals surface area contributed by atoms with Crippen LogP contribution in [0.4, 0.5) is 17.1 Å². The molecule has 4 fully saturated rings. The van der Waals surface area contributed by atoms with Crippen molar-refractivity contribution < 1.29 is 38.5 Å². The van der Waals surface area contributed by atoms with E-state index in [4.69, 9.17) is 14.2 Å². The Morgan fingerprint density at radius 2 is 1.69 bits per heavy atom. The van der Waals surface area contributed by atoms with Gasteiger partial charge in [0.05, 0.1) is 59.8 Å². The van der Waals surface area contributed by atoms with Crippen LogP contribution in [-0.4, -0.2) is 113 Å². The van der Waals surface area contributed by atoms with Gasteiger partial charge < -0.3 is 39.3 Å². The van der Waals surface area contributed by atoms with Crippen molar-refractivity contribution in [2.24, 2.45) is 5.92 Å². The maximum absolute atomic E-state index is 15.5. The molecule has 0 aliphatic carbocycles. The van der Waals surface area contributed by atoms with Crippen molar-refractivity contribution in [3.05, 3.63) is 78.4 Å². The summed E-state index contributed by atoms with van der Waals surface area (Å²) in [6.45, 7) is 9.35. The number of carbonyl (C=O) groups excluding carboxylic acids is 4. The number of hydrogen-bond donors (Lipinski definition) is 2. The Kier molecular flexibility index (Phi) is 12.1. The molecule has 2 spiro atoms. The maximum Gasteiger partial charge on any atom is 0.305 e. The third-order valence-electron chi connectivity index (χ3n) is 14.6. The topological polar surface area (TPSA) is 141 Å². The quantitative estimate of drug-likeness (QED) is 0.139. The zero-order chi connectivity index (χ0) is 43.1. The van der Waals surface area contributed by atoms with E-state index in [1.807, 2.05) is 53.4 Å². The Balaban J connectivity index is 1.22. The lowest BCUT2D eigenvalue weighted by Gasteiger charge is -2.39. The lowest BCUT2D eigenvalue weighted by Crippen LogP contribution is -2.55. The average molecular weight is 852 g/mol. The highest BCUT2D eigenvalue weighted by Crippen LogP contribution is 2.60. The Morgan fingerprint density at radius 3 is 2.38 bits per heavy atom. The standard InChI is InChI=1S/C47H61N5O8Si/c1-32-43(61(4,5)37-19-17-36(58-2)18-20-37)40(29-41(54)49-27-11-14-35(49)30-53)60-47(32)38-28-34(16-21-39(38)50(45(47)57)26-10-9-15-42(55)59-3)51-31-52(33-12-7-6-8-13-33)46(44(51)56)22-24-48-25-23-46/h6-8,12-13,16-21,28,32,35,40,43,48,53H,9-11,14-15,22-27,29-31H2,1-5H3/t32-,35+,40+,43-,47+/m1/s1. The fourth-order valence-electron chi connectivity index (χ4n) is 11.3. The SMILES string of the molecule is COC(=O)CCCCN1C(=O)[C@@]2(O[C@@H](CC(=O)N3CCC[C@H]3CO)[C@H]([Si](C)(C)c3ccc(OC)cc3)[C@H]2C)c2cc(N3CN(c4ccccc4)C4(CCNCC4)C3=O)ccc21. The molecule has 5 aliphatic rings. The van der Waals surface area contributed by atoms with Gasteiger partial charge in [0.25, 0.3) is 11.8 Å². The highest BCUT2D eigenvalue weighted by Gasteiger charge is 2.67. The number of benzene rings is 3. The van der Waals surface area contributed by atoms with E-state index in [2.05, 4.69) is 54.5 Å². The summed E-state index contributed by atoms with van der Waals surface area (Å²) >= 11 is 0.